The maximum Gasteiger partial charge on any atom is 0.403 e. The van der Waals surface area contributed by atoms with Crippen molar-refractivity contribution in [3.05, 3.63) is 54.1 Å². The van der Waals surface area contributed by atoms with Crippen LogP contribution in [-0.4, -0.2) is 59.6 Å². The number of carbonyl (C=O) groups is 1. The topological polar surface area (TPSA) is 120 Å². The van der Waals surface area contributed by atoms with Gasteiger partial charge in [0.1, 0.15) is 12.3 Å². The second kappa shape index (κ2) is 11.5. The first kappa shape index (κ1) is 26.3. The second-order valence-electron chi connectivity index (χ2n) is 8.22. The number of methoxy groups -OCH3 is 2. The van der Waals surface area contributed by atoms with Crippen LogP contribution in [-0.2, 0) is 37.3 Å². The van der Waals surface area contributed by atoms with Gasteiger partial charge >= 0.3 is 11.8 Å². The summed E-state index contributed by atoms with van der Waals surface area (Å²) in [5.74, 6) is 1.14. The van der Waals surface area contributed by atoms with E-state index in [0.29, 0.717) is 34.9 Å². The SMILES string of the molecule is COCN(c1[nH][n+](CCOC(C)=O)c(OC)c1-c1ccc2c(c1)OCO2)S(=O)(=O)CCc1ccccc1. The normalized spacial score (nSPS) is 12.4. The molecule has 0 aliphatic carbocycles. The summed E-state index contributed by atoms with van der Waals surface area (Å²) in [4.78, 5) is 11.3. The highest BCUT2D eigenvalue weighted by molar-refractivity contribution is 7.92. The van der Waals surface area contributed by atoms with E-state index in [1.807, 2.05) is 30.3 Å². The van der Waals surface area contributed by atoms with Gasteiger partial charge in [-0.15, -0.1) is 5.10 Å². The van der Waals surface area contributed by atoms with Crippen LogP contribution in [0.3, 0.4) is 0 Å². The highest BCUT2D eigenvalue weighted by Gasteiger charge is 2.36. The number of hydrogen-bond acceptors (Lipinski definition) is 8. The van der Waals surface area contributed by atoms with Gasteiger partial charge in [0.2, 0.25) is 23.4 Å². The lowest BCUT2D eigenvalue weighted by Gasteiger charge is -2.22. The minimum absolute atomic E-state index is 0.0575. The molecule has 1 aliphatic heterocycles. The number of esters is 1. The van der Waals surface area contributed by atoms with Crippen molar-refractivity contribution in [3.63, 3.8) is 0 Å². The predicted molar refractivity (Wildman–Crippen MR) is 134 cm³/mol. The number of carbonyl (C=O) groups excluding carboxylic acids is 1. The minimum atomic E-state index is -3.86. The van der Waals surface area contributed by atoms with Gasteiger partial charge in [-0.1, -0.05) is 35.0 Å². The number of nitrogens with zero attached hydrogens (tertiary/aromatic N) is 2. The Morgan fingerprint density at radius 3 is 2.57 bits per heavy atom. The number of benzene rings is 2. The largest absolute Gasteiger partial charge is 0.459 e. The monoisotopic (exact) mass is 532 g/mol. The summed E-state index contributed by atoms with van der Waals surface area (Å²) < 4.78 is 57.2. The zero-order valence-corrected chi connectivity index (χ0v) is 21.7. The van der Waals surface area contributed by atoms with Gasteiger partial charge in [0.05, 0.1) is 12.9 Å². The average Bonchev–Trinajstić information content (AvgIpc) is 3.50. The molecule has 1 aromatic heterocycles. The van der Waals surface area contributed by atoms with Crippen LogP contribution in [0.1, 0.15) is 12.5 Å². The van der Waals surface area contributed by atoms with Crippen LogP contribution in [0, 0.1) is 0 Å². The van der Waals surface area contributed by atoms with E-state index in [0.717, 1.165) is 5.56 Å². The molecule has 3 aromatic rings. The molecule has 4 rings (SSSR count). The molecule has 2 aromatic carbocycles. The standard InChI is InChI=1S/C25H29N3O8S/c1-18(29)34-13-12-27-25(33-3)23(20-9-10-21-22(15-20)36-17-35-21)24(26-27)28(16-32-2)37(30,31)14-11-19-7-5-4-6-8-19/h4-10,15H,11-14,16-17H2,1-3H3/p+1. The second-order valence-corrected chi connectivity index (χ2v) is 10.2. The molecule has 0 bridgehead atoms. The van der Waals surface area contributed by atoms with E-state index in [9.17, 15) is 13.2 Å². The first-order chi connectivity index (χ1) is 17.8. The number of aromatic amines is 1. The van der Waals surface area contributed by atoms with E-state index in [2.05, 4.69) is 5.10 Å². The molecular formula is C25H30N3O8S+. The molecule has 0 fully saturated rings. The van der Waals surface area contributed by atoms with Crippen molar-refractivity contribution in [1.82, 2.24) is 5.10 Å². The Bertz CT molecular complexity index is 1340. The molecule has 0 amide bonds. The van der Waals surface area contributed by atoms with Crippen LogP contribution < -0.4 is 23.2 Å². The van der Waals surface area contributed by atoms with Gasteiger partial charge in [-0.25, -0.2) is 12.7 Å². The molecule has 0 saturated carbocycles. The number of aromatic nitrogens is 2. The Kier molecular flexibility index (Phi) is 8.19. The fraction of sp³-hybridized carbons (Fsp3) is 0.360. The first-order valence-electron chi connectivity index (χ1n) is 11.6. The van der Waals surface area contributed by atoms with Gasteiger partial charge < -0.3 is 23.7 Å². The minimum Gasteiger partial charge on any atom is -0.459 e. The Morgan fingerprint density at radius 1 is 1.11 bits per heavy atom. The number of nitrogens with one attached hydrogen (secondary N) is 1. The molecule has 0 unspecified atom stereocenters. The molecule has 0 radical (unpaired) electrons. The van der Waals surface area contributed by atoms with Crippen LogP contribution in [0.25, 0.3) is 11.1 Å². The lowest BCUT2D eigenvalue weighted by Crippen LogP contribution is -2.41. The van der Waals surface area contributed by atoms with E-state index in [4.69, 9.17) is 23.7 Å². The van der Waals surface area contributed by atoms with Gasteiger partial charge in [-0.2, -0.15) is 0 Å². The van der Waals surface area contributed by atoms with Crippen molar-refractivity contribution in [3.8, 4) is 28.5 Å². The Hall–Kier alpha value is -3.77. The molecule has 0 atom stereocenters. The molecule has 1 N–H and O–H groups in total. The number of sulfonamides is 1. The number of aryl methyl sites for hydroxylation is 1. The molecular weight excluding hydrogens is 502 g/mol. The third-order valence-electron chi connectivity index (χ3n) is 5.73. The average molecular weight is 533 g/mol. The third-order valence-corrected chi connectivity index (χ3v) is 7.41. The molecule has 1 aliphatic rings. The first-order valence-corrected chi connectivity index (χ1v) is 13.2. The van der Waals surface area contributed by atoms with E-state index >= 15 is 0 Å². The molecule has 37 heavy (non-hydrogen) atoms. The maximum atomic E-state index is 13.6. The third kappa shape index (κ3) is 5.97. The number of H-pyrrole nitrogens is 1. The van der Waals surface area contributed by atoms with E-state index in [1.165, 1.54) is 25.4 Å². The van der Waals surface area contributed by atoms with Gasteiger partial charge in [0, 0.05) is 14.0 Å². The molecule has 2 heterocycles. The van der Waals surface area contributed by atoms with E-state index in [1.54, 1.807) is 22.9 Å². The van der Waals surface area contributed by atoms with Crippen molar-refractivity contribution in [2.45, 2.75) is 19.9 Å². The summed E-state index contributed by atoms with van der Waals surface area (Å²) in [7, 11) is -0.949. The van der Waals surface area contributed by atoms with Crippen LogP contribution in [0.4, 0.5) is 5.82 Å². The highest BCUT2D eigenvalue weighted by Crippen LogP contribution is 2.42. The zero-order chi connectivity index (χ0) is 26.4. The smallest absolute Gasteiger partial charge is 0.403 e. The molecule has 198 valence electrons. The lowest BCUT2D eigenvalue weighted by molar-refractivity contribution is -0.753. The van der Waals surface area contributed by atoms with Crippen molar-refractivity contribution in [1.29, 1.82) is 0 Å². The van der Waals surface area contributed by atoms with Gasteiger partial charge in [-0.3, -0.25) is 4.79 Å². The predicted octanol–water partition coefficient (Wildman–Crippen LogP) is 2.25. The summed E-state index contributed by atoms with van der Waals surface area (Å²) in [5.41, 5.74) is 2.02. The zero-order valence-electron chi connectivity index (χ0n) is 20.9. The fourth-order valence-corrected chi connectivity index (χ4v) is 5.41. The molecule has 12 heteroatoms. The summed E-state index contributed by atoms with van der Waals surface area (Å²) in [6.45, 7) is 1.44. The highest BCUT2D eigenvalue weighted by atomic mass is 32.2. The summed E-state index contributed by atoms with van der Waals surface area (Å²) >= 11 is 0. The fourth-order valence-electron chi connectivity index (χ4n) is 4.02. The Morgan fingerprint density at radius 2 is 1.86 bits per heavy atom. The van der Waals surface area contributed by atoms with Crippen LogP contribution >= 0.6 is 0 Å². The summed E-state index contributed by atoms with van der Waals surface area (Å²) in [6, 6.07) is 14.7. The molecule has 0 spiro atoms. The quantitative estimate of drug-likeness (QED) is 0.214. The van der Waals surface area contributed by atoms with Crippen molar-refractivity contribution < 1.29 is 41.6 Å². The van der Waals surface area contributed by atoms with E-state index in [-0.39, 0.29) is 38.2 Å². The number of ether oxygens (including phenoxy) is 5. The number of hydrogen-bond donors (Lipinski definition) is 1. The van der Waals surface area contributed by atoms with E-state index < -0.39 is 16.0 Å². The number of rotatable bonds is 12. The summed E-state index contributed by atoms with van der Waals surface area (Å²) in [5, 5.41) is 3.13. The van der Waals surface area contributed by atoms with Crippen LogP contribution in [0.15, 0.2) is 48.5 Å². The lowest BCUT2D eigenvalue weighted by atomic mass is 10.1. The molecule has 0 saturated heterocycles. The van der Waals surface area contributed by atoms with Gasteiger partial charge in [0.25, 0.3) is 0 Å². The Labute approximate surface area is 215 Å². The van der Waals surface area contributed by atoms with Gasteiger partial charge in [0.15, 0.2) is 23.9 Å². The van der Waals surface area contributed by atoms with Gasteiger partial charge in [-0.05, 0) is 35.7 Å². The number of fused-ring (bicyclic) bond motifs is 1. The molecule has 11 nitrogen and oxygen atoms in total. The van der Waals surface area contributed by atoms with Crippen LogP contribution in [0.5, 0.6) is 17.4 Å². The number of anilines is 1. The summed E-state index contributed by atoms with van der Waals surface area (Å²) in [6.07, 6.45) is 0.326. The van der Waals surface area contributed by atoms with Crippen molar-refractivity contribution in [2.75, 3.05) is 44.4 Å². The van der Waals surface area contributed by atoms with Crippen LogP contribution in [0.2, 0.25) is 0 Å². The van der Waals surface area contributed by atoms with Crippen molar-refractivity contribution in [2.24, 2.45) is 0 Å². The van der Waals surface area contributed by atoms with Crippen molar-refractivity contribution >= 4 is 21.8 Å². The maximum absolute atomic E-state index is 13.6. The Balaban J connectivity index is 1.78.